The summed E-state index contributed by atoms with van der Waals surface area (Å²) in [6, 6.07) is 13.4. The lowest BCUT2D eigenvalue weighted by Gasteiger charge is -2.32. The lowest BCUT2D eigenvalue weighted by molar-refractivity contribution is 0.152. The van der Waals surface area contributed by atoms with Gasteiger partial charge >= 0.3 is 6.03 Å². The van der Waals surface area contributed by atoms with Crippen LogP contribution in [0.25, 0.3) is 0 Å². The van der Waals surface area contributed by atoms with E-state index in [1.807, 2.05) is 48.2 Å². The van der Waals surface area contributed by atoms with Gasteiger partial charge in [-0.3, -0.25) is 0 Å². The third-order valence-corrected chi connectivity index (χ3v) is 5.10. The second-order valence-corrected chi connectivity index (χ2v) is 7.01. The van der Waals surface area contributed by atoms with Crippen LogP contribution in [-0.2, 0) is 0 Å². The van der Waals surface area contributed by atoms with Crippen LogP contribution in [0.3, 0.4) is 0 Å². The maximum atomic E-state index is 12.7. The summed E-state index contributed by atoms with van der Waals surface area (Å²) in [6.45, 7) is 4.07. The fourth-order valence-electron chi connectivity index (χ4n) is 3.34. The van der Waals surface area contributed by atoms with Crippen molar-refractivity contribution in [3.8, 4) is 17.2 Å². The summed E-state index contributed by atoms with van der Waals surface area (Å²) in [5, 5.41) is 3.00. The minimum absolute atomic E-state index is 0.0854. The molecule has 0 aromatic heterocycles. The van der Waals surface area contributed by atoms with Gasteiger partial charge in [-0.15, -0.1) is 0 Å². The predicted molar refractivity (Wildman–Crippen MR) is 110 cm³/mol. The molecule has 1 heterocycles. The number of amides is 2. The van der Waals surface area contributed by atoms with Gasteiger partial charge in [0.1, 0.15) is 5.75 Å². The van der Waals surface area contributed by atoms with E-state index in [4.69, 9.17) is 14.2 Å². The highest BCUT2D eigenvalue weighted by molar-refractivity contribution is 5.90. The van der Waals surface area contributed by atoms with E-state index in [0.29, 0.717) is 24.0 Å². The Kier molecular flexibility index (Phi) is 6.63. The monoisotopic (exact) mass is 384 g/mol. The normalized spacial score (nSPS) is 14.5. The van der Waals surface area contributed by atoms with Gasteiger partial charge in [-0.1, -0.05) is 18.2 Å². The number of nitrogens with one attached hydrogen (secondary N) is 1. The number of para-hydroxylation sites is 1. The number of hydrogen-bond acceptors (Lipinski definition) is 4. The first-order valence-corrected chi connectivity index (χ1v) is 9.57. The molecule has 2 aromatic rings. The van der Waals surface area contributed by atoms with Crippen molar-refractivity contribution in [2.24, 2.45) is 5.92 Å². The number of carbonyl (C=O) groups is 1. The van der Waals surface area contributed by atoms with Crippen LogP contribution in [0.2, 0.25) is 0 Å². The van der Waals surface area contributed by atoms with Crippen LogP contribution in [0, 0.1) is 12.8 Å². The van der Waals surface area contributed by atoms with E-state index in [9.17, 15) is 4.79 Å². The number of ether oxygens (including phenoxy) is 3. The van der Waals surface area contributed by atoms with Crippen molar-refractivity contribution >= 4 is 11.7 Å². The zero-order valence-electron chi connectivity index (χ0n) is 16.7. The molecule has 28 heavy (non-hydrogen) atoms. The van der Waals surface area contributed by atoms with Gasteiger partial charge in [-0.05, 0) is 49.4 Å². The third-order valence-electron chi connectivity index (χ3n) is 5.10. The number of benzene rings is 2. The van der Waals surface area contributed by atoms with Gasteiger partial charge in [0.15, 0.2) is 11.5 Å². The van der Waals surface area contributed by atoms with Gasteiger partial charge in [-0.25, -0.2) is 4.79 Å². The van der Waals surface area contributed by atoms with Gasteiger partial charge in [0.05, 0.1) is 20.8 Å². The van der Waals surface area contributed by atoms with E-state index < -0.39 is 0 Å². The Morgan fingerprint density at radius 3 is 2.36 bits per heavy atom. The van der Waals surface area contributed by atoms with E-state index in [1.165, 1.54) is 0 Å². The predicted octanol–water partition coefficient (Wildman–Crippen LogP) is 4.34. The van der Waals surface area contributed by atoms with E-state index in [-0.39, 0.29) is 6.03 Å². The van der Waals surface area contributed by atoms with Crippen LogP contribution in [0.4, 0.5) is 10.5 Å². The topological polar surface area (TPSA) is 60.0 Å². The number of piperidine rings is 1. The molecule has 0 radical (unpaired) electrons. The average molecular weight is 384 g/mol. The Labute approximate surface area is 166 Å². The molecule has 1 aliphatic rings. The van der Waals surface area contributed by atoms with Gasteiger partial charge in [0.2, 0.25) is 0 Å². The first-order valence-electron chi connectivity index (χ1n) is 9.57. The molecule has 1 fully saturated rings. The average Bonchev–Trinajstić information content (AvgIpc) is 2.74. The molecule has 2 aromatic carbocycles. The van der Waals surface area contributed by atoms with Crippen LogP contribution in [0.15, 0.2) is 42.5 Å². The minimum atomic E-state index is -0.0854. The molecule has 1 saturated heterocycles. The molecule has 1 aliphatic heterocycles. The van der Waals surface area contributed by atoms with Crippen molar-refractivity contribution in [2.45, 2.75) is 19.8 Å². The van der Waals surface area contributed by atoms with Gasteiger partial charge in [0, 0.05) is 24.8 Å². The number of urea groups is 1. The molecule has 0 atom stereocenters. The molecule has 6 nitrogen and oxygen atoms in total. The molecule has 3 rings (SSSR count). The highest BCUT2D eigenvalue weighted by Crippen LogP contribution is 2.33. The van der Waals surface area contributed by atoms with E-state index in [2.05, 4.69) is 5.32 Å². The fourth-order valence-corrected chi connectivity index (χ4v) is 3.34. The van der Waals surface area contributed by atoms with Crippen LogP contribution in [0.1, 0.15) is 18.4 Å². The molecule has 6 heteroatoms. The van der Waals surface area contributed by atoms with Crippen LogP contribution < -0.4 is 19.5 Å². The van der Waals surface area contributed by atoms with Crippen LogP contribution >= 0.6 is 0 Å². The maximum absolute atomic E-state index is 12.7. The highest BCUT2D eigenvalue weighted by atomic mass is 16.5. The van der Waals surface area contributed by atoms with E-state index >= 15 is 0 Å². The molecular weight excluding hydrogens is 356 g/mol. The number of aryl methyl sites for hydroxylation is 1. The summed E-state index contributed by atoms with van der Waals surface area (Å²) in [7, 11) is 3.18. The zero-order chi connectivity index (χ0) is 19.9. The van der Waals surface area contributed by atoms with E-state index in [1.54, 1.807) is 20.3 Å². The number of likely N-dealkylation sites (tertiary alicyclic amines) is 1. The van der Waals surface area contributed by atoms with Crippen molar-refractivity contribution in [2.75, 3.05) is 39.2 Å². The van der Waals surface area contributed by atoms with Gasteiger partial charge in [0.25, 0.3) is 0 Å². The Bertz CT molecular complexity index is 787. The summed E-state index contributed by atoms with van der Waals surface area (Å²) < 4.78 is 16.5. The number of anilines is 1. The SMILES string of the molecule is COc1cc(C)c(NC(=O)N2CCC(COc3ccccc3)CC2)cc1OC. The number of nitrogens with zero attached hydrogens (tertiary/aromatic N) is 1. The van der Waals surface area contributed by atoms with Crippen LogP contribution in [0.5, 0.6) is 17.2 Å². The second-order valence-electron chi connectivity index (χ2n) is 7.01. The molecule has 0 saturated carbocycles. The molecule has 0 unspecified atom stereocenters. The molecular formula is C22H28N2O4. The third kappa shape index (κ3) is 4.88. The Morgan fingerprint density at radius 2 is 1.71 bits per heavy atom. The standard InChI is InChI=1S/C22H28N2O4/c1-16-13-20(26-2)21(27-3)14-19(16)23-22(25)24-11-9-17(10-12-24)15-28-18-7-5-4-6-8-18/h4-8,13-14,17H,9-12,15H2,1-3H3,(H,23,25). The number of carbonyl (C=O) groups excluding carboxylic acids is 1. The Hall–Kier alpha value is -2.89. The van der Waals surface area contributed by atoms with Crippen molar-refractivity contribution < 1.29 is 19.0 Å². The second kappa shape index (κ2) is 9.35. The van der Waals surface area contributed by atoms with Gasteiger partial charge < -0.3 is 24.4 Å². The quantitative estimate of drug-likeness (QED) is 0.805. The van der Waals surface area contributed by atoms with Crippen molar-refractivity contribution in [3.63, 3.8) is 0 Å². The molecule has 0 aliphatic carbocycles. The number of rotatable bonds is 6. The van der Waals surface area contributed by atoms with Crippen LogP contribution in [-0.4, -0.2) is 44.8 Å². The first kappa shape index (κ1) is 19.9. The summed E-state index contributed by atoms with van der Waals surface area (Å²) in [6.07, 6.45) is 1.87. The summed E-state index contributed by atoms with van der Waals surface area (Å²) in [4.78, 5) is 14.5. The number of methoxy groups -OCH3 is 2. The maximum Gasteiger partial charge on any atom is 0.321 e. The summed E-state index contributed by atoms with van der Waals surface area (Å²) in [5.74, 6) is 2.61. The fraction of sp³-hybridized carbons (Fsp3) is 0.409. The summed E-state index contributed by atoms with van der Waals surface area (Å²) >= 11 is 0. The molecule has 150 valence electrons. The largest absolute Gasteiger partial charge is 0.493 e. The van der Waals surface area contributed by atoms with Crippen molar-refractivity contribution in [1.29, 1.82) is 0 Å². The Morgan fingerprint density at radius 1 is 1.07 bits per heavy atom. The smallest absolute Gasteiger partial charge is 0.321 e. The highest BCUT2D eigenvalue weighted by Gasteiger charge is 2.24. The first-order chi connectivity index (χ1) is 13.6. The number of hydrogen-bond donors (Lipinski definition) is 1. The van der Waals surface area contributed by atoms with E-state index in [0.717, 1.165) is 42.9 Å². The molecule has 0 bridgehead atoms. The zero-order valence-corrected chi connectivity index (χ0v) is 16.7. The summed E-state index contributed by atoms with van der Waals surface area (Å²) in [5.41, 5.74) is 1.66. The van der Waals surface area contributed by atoms with Crippen molar-refractivity contribution in [3.05, 3.63) is 48.0 Å². The molecule has 0 spiro atoms. The Balaban J connectivity index is 1.51. The molecule has 2 amide bonds. The van der Waals surface area contributed by atoms with Crippen molar-refractivity contribution in [1.82, 2.24) is 4.90 Å². The lowest BCUT2D eigenvalue weighted by atomic mass is 9.98. The lowest BCUT2D eigenvalue weighted by Crippen LogP contribution is -2.42. The van der Waals surface area contributed by atoms with Gasteiger partial charge in [-0.2, -0.15) is 0 Å². The molecule has 1 N–H and O–H groups in total. The minimum Gasteiger partial charge on any atom is -0.493 e.